The Hall–Kier alpha value is -2.83. The van der Waals surface area contributed by atoms with Gasteiger partial charge in [0, 0.05) is 0 Å². The Morgan fingerprint density at radius 3 is 2.63 bits per heavy atom. The van der Waals surface area contributed by atoms with E-state index in [4.69, 9.17) is 14.2 Å². The van der Waals surface area contributed by atoms with Crippen molar-refractivity contribution in [1.82, 2.24) is 5.32 Å². The lowest BCUT2D eigenvalue weighted by Crippen LogP contribution is -3.14. The number of ether oxygens (including phenoxy) is 3. The van der Waals surface area contributed by atoms with Gasteiger partial charge in [0.1, 0.15) is 25.7 Å². The minimum atomic E-state index is -0.156. The lowest BCUT2D eigenvalue weighted by atomic mass is 10.1. The van der Waals surface area contributed by atoms with Gasteiger partial charge in [-0.05, 0) is 30.2 Å². The molecule has 1 atom stereocenters. The maximum absolute atomic E-state index is 12.7. The molecule has 1 saturated heterocycles. The van der Waals surface area contributed by atoms with Crippen LogP contribution >= 0.6 is 0 Å². The Labute approximate surface area is 178 Å². The third-order valence-electron chi connectivity index (χ3n) is 5.14. The van der Waals surface area contributed by atoms with Crippen molar-refractivity contribution < 1.29 is 23.9 Å². The predicted octanol–water partition coefficient (Wildman–Crippen LogP) is 1.88. The second-order valence-electron chi connectivity index (χ2n) is 7.30. The van der Waals surface area contributed by atoms with Crippen molar-refractivity contribution in [1.29, 1.82) is 0 Å². The zero-order chi connectivity index (χ0) is 21.2. The highest BCUT2D eigenvalue weighted by Crippen LogP contribution is 2.28. The summed E-state index contributed by atoms with van der Waals surface area (Å²) in [5.41, 5.74) is 2.11. The molecule has 2 N–H and O–H groups in total. The molecule has 6 heteroatoms. The van der Waals surface area contributed by atoms with E-state index < -0.39 is 0 Å². The lowest BCUT2D eigenvalue weighted by Gasteiger charge is -2.28. The van der Waals surface area contributed by atoms with Gasteiger partial charge in [-0.1, -0.05) is 48.6 Å². The Balaban J connectivity index is 1.62. The summed E-state index contributed by atoms with van der Waals surface area (Å²) in [7, 11) is 1.60. The van der Waals surface area contributed by atoms with Crippen LogP contribution in [-0.2, 0) is 9.53 Å². The van der Waals surface area contributed by atoms with Crippen LogP contribution in [0.15, 0.2) is 54.6 Å². The smallest absolute Gasteiger partial charge is 0.258 e. The van der Waals surface area contributed by atoms with Crippen LogP contribution in [0.25, 0.3) is 6.08 Å². The number of benzene rings is 2. The van der Waals surface area contributed by atoms with Crippen LogP contribution in [0.1, 0.15) is 24.1 Å². The number of nitrogens with one attached hydrogen (secondary N) is 2. The quantitative estimate of drug-likeness (QED) is 0.662. The average Bonchev–Trinajstić information content (AvgIpc) is 2.79. The summed E-state index contributed by atoms with van der Waals surface area (Å²) in [5, 5.41) is 3.14. The highest BCUT2D eigenvalue weighted by Gasteiger charge is 2.23. The van der Waals surface area contributed by atoms with Crippen LogP contribution in [0.5, 0.6) is 11.5 Å². The fourth-order valence-corrected chi connectivity index (χ4v) is 3.57. The average molecular weight is 412 g/mol. The molecule has 1 heterocycles. The Bertz CT molecular complexity index is 832. The van der Waals surface area contributed by atoms with Crippen molar-refractivity contribution in [2.45, 2.75) is 13.0 Å². The van der Waals surface area contributed by atoms with E-state index in [1.165, 1.54) is 4.90 Å². The van der Waals surface area contributed by atoms with Crippen molar-refractivity contribution in [3.63, 3.8) is 0 Å². The third kappa shape index (κ3) is 6.34. The normalized spacial score (nSPS) is 15.7. The summed E-state index contributed by atoms with van der Waals surface area (Å²) in [6.45, 7) is 6.13. The fraction of sp³-hybridized carbons (Fsp3) is 0.375. The van der Waals surface area contributed by atoms with Crippen LogP contribution in [0.2, 0.25) is 0 Å². The molecule has 30 heavy (non-hydrogen) atoms. The van der Waals surface area contributed by atoms with Gasteiger partial charge in [-0.15, -0.1) is 0 Å². The molecule has 0 bridgehead atoms. The molecule has 3 rings (SSSR count). The molecule has 1 aliphatic rings. The zero-order valence-electron chi connectivity index (χ0n) is 17.7. The van der Waals surface area contributed by atoms with E-state index in [0.717, 1.165) is 44.0 Å². The number of hydrogen-bond donors (Lipinski definition) is 2. The molecule has 0 radical (unpaired) electrons. The standard InChI is InChI=1S/C24H30N2O4/c1-3-7-19-10-11-22(23(16-19)28-2)30-18-24(27)25-21(20-8-5-4-6-9-20)17-26-12-14-29-15-13-26/h3-11,16,21H,12-15,17-18H2,1-2H3,(H,25,27)/p+1/b7-3+/t21-/m1/s1. The van der Waals surface area contributed by atoms with Gasteiger partial charge in [-0.25, -0.2) is 0 Å². The summed E-state index contributed by atoms with van der Waals surface area (Å²) >= 11 is 0. The first-order valence-corrected chi connectivity index (χ1v) is 10.4. The number of quaternary nitrogens is 1. The molecule has 0 spiro atoms. The summed E-state index contributed by atoms with van der Waals surface area (Å²) in [6, 6.07) is 15.7. The molecule has 6 nitrogen and oxygen atoms in total. The summed E-state index contributed by atoms with van der Waals surface area (Å²) in [6.07, 6.45) is 3.94. The Morgan fingerprint density at radius 2 is 1.93 bits per heavy atom. The first kappa shape index (κ1) is 21.9. The molecule has 1 fully saturated rings. The van der Waals surface area contributed by atoms with Gasteiger partial charge in [-0.3, -0.25) is 4.79 Å². The molecule has 0 unspecified atom stereocenters. The van der Waals surface area contributed by atoms with E-state index in [1.807, 2.05) is 55.5 Å². The van der Waals surface area contributed by atoms with Gasteiger partial charge >= 0.3 is 0 Å². The largest absolute Gasteiger partial charge is 0.493 e. The number of carbonyl (C=O) groups is 1. The molecule has 1 amide bonds. The van der Waals surface area contributed by atoms with Gasteiger partial charge in [0.25, 0.3) is 5.91 Å². The third-order valence-corrected chi connectivity index (χ3v) is 5.14. The predicted molar refractivity (Wildman–Crippen MR) is 117 cm³/mol. The van der Waals surface area contributed by atoms with Crippen LogP contribution < -0.4 is 19.7 Å². The monoisotopic (exact) mass is 411 g/mol. The molecule has 1 aliphatic heterocycles. The first-order chi connectivity index (χ1) is 14.7. The first-order valence-electron chi connectivity index (χ1n) is 10.4. The van der Waals surface area contributed by atoms with Gasteiger partial charge in [0.15, 0.2) is 18.1 Å². The van der Waals surface area contributed by atoms with Crippen LogP contribution in [0, 0.1) is 0 Å². The van der Waals surface area contributed by atoms with E-state index in [1.54, 1.807) is 7.11 Å². The number of rotatable bonds is 9. The van der Waals surface area contributed by atoms with Crippen molar-refractivity contribution in [3.05, 3.63) is 65.7 Å². The number of methoxy groups -OCH3 is 1. The topological polar surface area (TPSA) is 61.2 Å². The maximum atomic E-state index is 12.7. The van der Waals surface area contributed by atoms with Crippen LogP contribution in [0.4, 0.5) is 0 Å². The van der Waals surface area contributed by atoms with E-state index in [-0.39, 0.29) is 18.6 Å². The molecule has 0 aliphatic carbocycles. The number of allylic oxidation sites excluding steroid dienone is 1. The molecule has 0 aromatic heterocycles. The molecule has 2 aromatic carbocycles. The number of morpholine rings is 1. The van der Waals surface area contributed by atoms with Gasteiger partial charge in [0.2, 0.25) is 0 Å². The zero-order valence-corrected chi connectivity index (χ0v) is 17.7. The minimum absolute atomic E-state index is 0.0684. The van der Waals surface area contributed by atoms with Crippen molar-refractivity contribution in [3.8, 4) is 11.5 Å². The molecule has 2 aromatic rings. The summed E-state index contributed by atoms with van der Waals surface area (Å²) in [5.74, 6) is 1.00. The second kappa shape index (κ2) is 11.4. The highest BCUT2D eigenvalue weighted by atomic mass is 16.5. The number of carbonyl (C=O) groups excluding carboxylic acids is 1. The molecular weight excluding hydrogens is 380 g/mol. The SMILES string of the molecule is C/C=C/c1ccc(OCC(=O)N[C@H](C[NH+]2CCOCC2)c2ccccc2)c(OC)c1. The van der Waals surface area contributed by atoms with Gasteiger partial charge in [-0.2, -0.15) is 0 Å². The van der Waals surface area contributed by atoms with Crippen molar-refractivity contribution in [2.75, 3.05) is 46.6 Å². The van der Waals surface area contributed by atoms with Gasteiger partial charge < -0.3 is 24.4 Å². The molecule has 160 valence electrons. The highest BCUT2D eigenvalue weighted by molar-refractivity contribution is 5.78. The lowest BCUT2D eigenvalue weighted by molar-refractivity contribution is -0.909. The second-order valence-corrected chi connectivity index (χ2v) is 7.30. The Morgan fingerprint density at radius 1 is 1.17 bits per heavy atom. The van der Waals surface area contributed by atoms with E-state index in [0.29, 0.717) is 11.5 Å². The molecule has 0 saturated carbocycles. The molecular formula is C24H31N2O4+. The number of hydrogen-bond acceptors (Lipinski definition) is 4. The van der Waals surface area contributed by atoms with Crippen LogP contribution in [0.3, 0.4) is 0 Å². The maximum Gasteiger partial charge on any atom is 0.258 e. The Kier molecular flexibility index (Phi) is 8.30. The van der Waals surface area contributed by atoms with Crippen molar-refractivity contribution >= 4 is 12.0 Å². The van der Waals surface area contributed by atoms with E-state index in [2.05, 4.69) is 17.4 Å². The van der Waals surface area contributed by atoms with Crippen LogP contribution in [-0.4, -0.2) is 52.5 Å². The van der Waals surface area contributed by atoms with E-state index in [9.17, 15) is 4.79 Å². The number of amides is 1. The fourth-order valence-electron chi connectivity index (χ4n) is 3.57. The summed E-state index contributed by atoms with van der Waals surface area (Å²) < 4.78 is 16.6. The van der Waals surface area contributed by atoms with E-state index >= 15 is 0 Å². The van der Waals surface area contributed by atoms with Crippen molar-refractivity contribution in [2.24, 2.45) is 0 Å². The summed E-state index contributed by atoms with van der Waals surface area (Å²) in [4.78, 5) is 14.1. The van der Waals surface area contributed by atoms with Gasteiger partial charge in [0.05, 0.1) is 20.3 Å². The minimum Gasteiger partial charge on any atom is -0.493 e.